The lowest BCUT2D eigenvalue weighted by Gasteiger charge is -2.24. The van der Waals surface area contributed by atoms with E-state index in [2.05, 4.69) is 16.0 Å². The van der Waals surface area contributed by atoms with Crippen molar-refractivity contribution in [2.45, 2.75) is 56.3 Å². The first-order valence-corrected chi connectivity index (χ1v) is 11.2. The minimum Gasteiger partial charge on any atom is -0.508 e. The second-order valence-corrected chi connectivity index (χ2v) is 8.06. The van der Waals surface area contributed by atoms with Gasteiger partial charge in [-0.15, -0.1) is 0 Å². The summed E-state index contributed by atoms with van der Waals surface area (Å²) in [7, 11) is 0. The molecule has 1 rings (SSSR count). The maximum absolute atomic E-state index is 12.8. The Labute approximate surface area is 207 Å². The zero-order chi connectivity index (χ0) is 27.3. The SMILES string of the molecule is NCCCCC(NC(=O)C(N)CC(=O)O)C(=O)NC(CO)C(=O)NC(Cc1ccc(O)cc1)C(=O)O. The van der Waals surface area contributed by atoms with E-state index in [1.54, 1.807) is 0 Å². The summed E-state index contributed by atoms with van der Waals surface area (Å²) < 4.78 is 0. The smallest absolute Gasteiger partial charge is 0.326 e. The van der Waals surface area contributed by atoms with Gasteiger partial charge in [-0.25, -0.2) is 4.79 Å². The van der Waals surface area contributed by atoms with E-state index >= 15 is 0 Å². The van der Waals surface area contributed by atoms with Crippen LogP contribution in [0.15, 0.2) is 24.3 Å². The highest BCUT2D eigenvalue weighted by molar-refractivity contribution is 5.94. The van der Waals surface area contributed by atoms with Gasteiger partial charge in [-0.05, 0) is 43.5 Å². The Morgan fingerprint density at radius 3 is 1.92 bits per heavy atom. The number of carboxylic acids is 2. The second kappa shape index (κ2) is 15.3. The Hall–Kier alpha value is -3.75. The van der Waals surface area contributed by atoms with E-state index in [1.165, 1.54) is 24.3 Å². The van der Waals surface area contributed by atoms with Crippen molar-refractivity contribution in [2.24, 2.45) is 11.5 Å². The molecule has 0 saturated carbocycles. The van der Waals surface area contributed by atoms with Gasteiger partial charge in [0.2, 0.25) is 17.7 Å². The van der Waals surface area contributed by atoms with Crippen LogP contribution in [-0.2, 0) is 30.4 Å². The molecule has 0 bridgehead atoms. The van der Waals surface area contributed by atoms with Crippen molar-refractivity contribution in [3.05, 3.63) is 29.8 Å². The number of phenolic OH excluding ortho intramolecular Hbond substituents is 1. The van der Waals surface area contributed by atoms with Gasteiger partial charge >= 0.3 is 11.9 Å². The molecule has 4 unspecified atom stereocenters. The Balaban J connectivity index is 2.88. The van der Waals surface area contributed by atoms with Crippen LogP contribution in [0.5, 0.6) is 5.75 Å². The number of hydrogen-bond acceptors (Lipinski definition) is 9. The van der Waals surface area contributed by atoms with Gasteiger partial charge in [-0.1, -0.05) is 12.1 Å². The van der Waals surface area contributed by atoms with E-state index < -0.39 is 66.9 Å². The molecule has 0 aromatic heterocycles. The highest BCUT2D eigenvalue weighted by atomic mass is 16.4. The van der Waals surface area contributed by atoms with Crippen molar-refractivity contribution in [2.75, 3.05) is 13.2 Å². The monoisotopic (exact) mass is 511 g/mol. The van der Waals surface area contributed by atoms with Crippen molar-refractivity contribution < 1.29 is 44.4 Å². The van der Waals surface area contributed by atoms with Crippen LogP contribution in [-0.4, -0.2) is 87.4 Å². The lowest BCUT2D eigenvalue weighted by atomic mass is 10.0. The third kappa shape index (κ3) is 10.7. The summed E-state index contributed by atoms with van der Waals surface area (Å²) in [6.45, 7) is -0.550. The number of aliphatic carboxylic acids is 2. The van der Waals surface area contributed by atoms with Gasteiger partial charge in [0.15, 0.2) is 0 Å². The summed E-state index contributed by atoms with van der Waals surface area (Å²) in [5.41, 5.74) is 11.5. The fraction of sp³-hybridized carbons (Fsp3) is 0.500. The Kier molecular flexibility index (Phi) is 12.9. The number of phenols is 1. The topological polar surface area (TPSA) is 254 Å². The highest BCUT2D eigenvalue weighted by Crippen LogP contribution is 2.11. The number of hydrogen-bond donors (Lipinski definition) is 9. The molecule has 0 heterocycles. The summed E-state index contributed by atoms with van der Waals surface area (Å²) in [6.07, 6.45) is 0.219. The van der Waals surface area contributed by atoms with Crippen LogP contribution >= 0.6 is 0 Å². The lowest BCUT2D eigenvalue weighted by molar-refractivity contribution is -0.142. The third-order valence-corrected chi connectivity index (χ3v) is 5.12. The Bertz CT molecular complexity index is 910. The van der Waals surface area contributed by atoms with Crippen LogP contribution in [0.25, 0.3) is 0 Å². The minimum atomic E-state index is -1.54. The lowest BCUT2D eigenvalue weighted by Crippen LogP contribution is -2.58. The largest absolute Gasteiger partial charge is 0.508 e. The van der Waals surface area contributed by atoms with Crippen molar-refractivity contribution in [3.63, 3.8) is 0 Å². The first-order valence-electron chi connectivity index (χ1n) is 11.2. The summed E-state index contributed by atoms with van der Waals surface area (Å²) in [5, 5.41) is 44.1. The van der Waals surface area contributed by atoms with E-state index in [-0.39, 0.29) is 18.6 Å². The average molecular weight is 512 g/mol. The number of benzene rings is 1. The van der Waals surface area contributed by atoms with Gasteiger partial charge in [0, 0.05) is 6.42 Å². The molecule has 14 heteroatoms. The van der Waals surface area contributed by atoms with Crippen LogP contribution in [0, 0.1) is 0 Å². The number of nitrogens with one attached hydrogen (secondary N) is 3. The second-order valence-electron chi connectivity index (χ2n) is 8.06. The van der Waals surface area contributed by atoms with Gasteiger partial charge < -0.3 is 47.8 Å². The molecule has 3 amide bonds. The summed E-state index contributed by atoms with van der Waals surface area (Å²) in [4.78, 5) is 60.1. The molecule has 0 aliphatic carbocycles. The normalized spacial score (nSPS) is 14.1. The Morgan fingerprint density at radius 1 is 0.833 bits per heavy atom. The molecule has 14 nitrogen and oxygen atoms in total. The molecule has 200 valence electrons. The number of carbonyl (C=O) groups excluding carboxylic acids is 3. The first kappa shape index (κ1) is 30.3. The van der Waals surface area contributed by atoms with Crippen LogP contribution in [0.1, 0.15) is 31.2 Å². The fourth-order valence-electron chi connectivity index (χ4n) is 3.13. The summed E-state index contributed by atoms with van der Waals surface area (Å²) in [5.74, 6) is -5.42. The number of aliphatic hydroxyl groups excluding tert-OH is 1. The molecule has 0 spiro atoms. The number of aliphatic hydroxyl groups is 1. The molecule has 0 radical (unpaired) electrons. The molecule has 36 heavy (non-hydrogen) atoms. The maximum Gasteiger partial charge on any atom is 0.326 e. The average Bonchev–Trinajstić information content (AvgIpc) is 2.81. The fourth-order valence-corrected chi connectivity index (χ4v) is 3.13. The maximum atomic E-state index is 12.8. The zero-order valence-electron chi connectivity index (χ0n) is 19.6. The number of amides is 3. The molecular formula is C22H33N5O9. The van der Waals surface area contributed by atoms with Crippen LogP contribution in [0.3, 0.4) is 0 Å². The number of unbranched alkanes of at least 4 members (excludes halogenated alkanes) is 1. The van der Waals surface area contributed by atoms with Crippen molar-refractivity contribution in [1.82, 2.24) is 16.0 Å². The molecule has 11 N–H and O–H groups in total. The van der Waals surface area contributed by atoms with Crippen LogP contribution < -0.4 is 27.4 Å². The summed E-state index contributed by atoms with van der Waals surface area (Å²) in [6, 6.07) is 0.0998. The molecule has 4 atom stereocenters. The number of rotatable bonds is 16. The molecule has 0 aliphatic heterocycles. The Morgan fingerprint density at radius 2 is 1.39 bits per heavy atom. The molecule has 0 fully saturated rings. The number of carbonyl (C=O) groups is 5. The summed E-state index contributed by atoms with van der Waals surface area (Å²) >= 11 is 0. The molecule has 1 aromatic carbocycles. The van der Waals surface area contributed by atoms with Crippen molar-refractivity contribution >= 4 is 29.7 Å². The molecule has 0 saturated heterocycles. The van der Waals surface area contributed by atoms with Crippen molar-refractivity contribution in [1.29, 1.82) is 0 Å². The third-order valence-electron chi connectivity index (χ3n) is 5.12. The predicted octanol–water partition coefficient (Wildman–Crippen LogP) is -2.60. The van der Waals surface area contributed by atoms with Gasteiger partial charge in [0.25, 0.3) is 0 Å². The molecule has 1 aromatic rings. The van der Waals surface area contributed by atoms with Gasteiger partial charge in [0.1, 0.15) is 23.9 Å². The van der Waals surface area contributed by atoms with Gasteiger partial charge in [0.05, 0.1) is 19.1 Å². The van der Waals surface area contributed by atoms with Gasteiger partial charge in [-0.3, -0.25) is 19.2 Å². The highest BCUT2D eigenvalue weighted by Gasteiger charge is 2.30. The van der Waals surface area contributed by atoms with Crippen molar-refractivity contribution in [3.8, 4) is 5.75 Å². The molecular weight excluding hydrogens is 478 g/mol. The quantitative estimate of drug-likeness (QED) is 0.104. The van der Waals surface area contributed by atoms with E-state index in [1.807, 2.05) is 0 Å². The number of carboxylic acid groups (broad SMARTS) is 2. The minimum absolute atomic E-state index is 0.0188. The van der Waals surface area contributed by atoms with E-state index in [9.17, 15) is 39.3 Å². The number of aromatic hydroxyl groups is 1. The van der Waals surface area contributed by atoms with E-state index in [4.69, 9.17) is 16.6 Å². The number of nitrogens with two attached hydrogens (primary N) is 2. The zero-order valence-corrected chi connectivity index (χ0v) is 19.6. The van der Waals surface area contributed by atoms with Gasteiger partial charge in [-0.2, -0.15) is 0 Å². The molecule has 0 aliphatic rings. The van der Waals surface area contributed by atoms with E-state index in [0.29, 0.717) is 24.9 Å². The predicted molar refractivity (Wildman–Crippen MR) is 125 cm³/mol. The first-order chi connectivity index (χ1) is 17.0. The standard InChI is InChI=1S/C22H33N5O9/c23-8-2-1-3-15(25-19(32)14(24)10-18(30)31)20(33)27-17(11-28)21(34)26-16(22(35)36)9-12-4-6-13(29)7-5-12/h4-7,14-17,28-29H,1-3,8-11,23-24H2,(H,25,32)(H,26,34)(H,27,33)(H,30,31)(H,35,36). The van der Waals surface area contributed by atoms with Crippen LogP contribution in [0.2, 0.25) is 0 Å². The van der Waals surface area contributed by atoms with Crippen LogP contribution in [0.4, 0.5) is 0 Å². The van der Waals surface area contributed by atoms with E-state index in [0.717, 1.165) is 0 Å².